The van der Waals surface area contributed by atoms with Crippen molar-refractivity contribution in [2.45, 2.75) is 38.8 Å². The van der Waals surface area contributed by atoms with E-state index in [1.165, 1.54) is 18.6 Å². The summed E-state index contributed by atoms with van der Waals surface area (Å²) >= 11 is 0. The van der Waals surface area contributed by atoms with Crippen LogP contribution in [0.1, 0.15) is 40.3 Å². The van der Waals surface area contributed by atoms with Crippen LogP contribution in [0.4, 0.5) is 0 Å². The fourth-order valence-corrected chi connectivity index (χ4v) is 2.75. The molecule has 120 valence electrons. The molecule has 0 saturated carbocycles. The number of imidazole rings is 1. The van der Waals surface area contributed by atoms with Crippen LogP contribution >= 0.6 is 0 Å². The topological polar surface area (TPSA) is 84.2 Å². The third kappa shape index (κ3) is 3.77. The zero-order chi connectivity index (χ0) is 16.2. The van der Waals surface area contributed by atoms with Crippen molar-refractivity contribution >= 4 is 11.9 Å². The molecule has 0 unspecified atom stereocenters. The Balaban J connectivity index is 1.53. The number of carbonyl (C=O) groups is 2. The molecule has 3 rings (SSSR count). The summed E-state index contributed by atoms with van der Waals surface area (Å²) in [7, 11) is 0. The number of nitrogens with one attached hydrogen (secondary N) is 1. The molecule has 1 aliphatic heterocycles. The Bertz CT molecular complexity index is 696. The number of benzene rings is 1. The summed E-state index contributed by atoms with van der Waals surface area (Å²) in [6, 6.07) is 6.48. The molecule has 0 atom stereocenters. The van der Waals surface area contributed by atoms with Gasteiger partial charge in [0.05, 0.1) is 17.7 Å². The van der Waals surface area contributed by atoms with E-state index in [-0.39, 0.29) is 17.9 Å². The maximum absolute atomic E-state index is 12.0. The number of fused-ring (bicyclic) bond motifs is 1. The first-order valence-electron chi connectivity index (χ1n) is 7.75. The van der Waals surface area contributed by atoms with Crippen molar-refractivity contribution in [3.63, 3.8) is 0 Å². The standard InChI is InChI=1S/C17H19N3O3/c21-16(9-14-11-20-8-2-1-3-15(20)19-14)18-10-12-4-6-13(7-5-12)17(22)23/h4-7,11H,1-3,8-10H2,(H,18,21)(H,22,23). The predicted octanol–water partition coefficient (Wildman–Crippen LogP) is 1.78. The molecule has 2 aromatic rings. The Labute approximate surface area is 134 Å². The van der Waals surface area contributed by atoms with Gasteiger partial charge in [-0.3, -0.25) is 4.79 Å². The third-order valence-corrected chi connectivity index (χ3v) is 3.99. The number of aryl methyl sites for hydroxylation is 2. The van der Waals surface area contributed by atoms with E-state index in [4.69, 9.17) is 5.11 Å². The number of amides is 1. The largest absolute Gasteiger partial charge is 0.478 e. The highest BCUT2D eigenvalue weighted by Crippen LogP contribution is 2.14. The lowest BCUT2D eigenvalue weighted by Gasteiger charge is -2.11. The molecule has 6 nitrogen and oxygen atoms in total. The molecule has 1 amide bonds. The summed E-state index contributed by atoms with van der Waals surface area (Å²) in [5.41, 5.74) is 1.91. The average molecular weight is 313 g/mol. The van der Waals surface area contributed by atoms with Crippen molar-refractivity contribution in [1.82, 2.24) is 14.9 Å². The smallest absolute Gasteiger partial charge is 0.335 e. The lowest BCUT2D eigenvalue weighted by Crippen LogP contribution is -2.24. The van der Waals surface area contributed by atoms with Gasteiger partial charge in [-0.05, 0) is 30.5 Å². The molecule has 6 heteroatoms. The summed E-state index contributed by atoms with van der Waals surface area (Å²) in [5.74, 6) is 0.0374. The van der Waals surface area contributed by atoms with Gasteiger partial charge in [-0.25, -0.2) is 9.78 Å². The first-order chi connectivity index (χ1) is 11.1. The zero-order valence-electron chi connectivity index (χ0n) is 12.8. The van der Waals surface area contributed by atoms with Gasteiger partial charge in [-0.2, -0.15) is 0 Å². The Morgan fingerprint density at radius 3 is 2.70 bits per heavy atom. The minimum absolute atomic E-state index is 0.0808. The highest BCUT2D eigenvalue weighted by molar-refractivity contribution is 5.87. The van der Waals surface area contributed by atoms with E-state index in [2.05, 4.69) is 14.9 Å². The van der Waals surface area contributed by atoms with E-state index in [9.17, 15) is 9.59 Å². The van der Waals surface area contributed by atoms with Crippen LogP contribution in [0.3, 0.4) is 0 Å². The second kappa shape index (κ2) is 6.64. The monoisotopic (exact) mass is 313 g/mol. The number of hydrogen-bond donors (Lipinski definition) is 2. The van der Waals surface area contributed by atoms with Crippen molar-refractivity contribution < 1.29 is 14.7 Å². The van der Waals surface area contributed by atoms with Crippen LogP contribution in [-0.2, 0) is 30.7 Å². The third-order valence-electron chi connectivity index (χ3n) is 3.99. The van der Waals surface area contributed by atoms with E-state index >= 15 is 0 Å². The van der Waals surface area contributed by atoms with Crippen molar-refractivity contribution in [2.24, 2.45) is 0 Å². The molecule has 0 fully saturated rings. The van der Waals surface area contributed by atoms with Crippen LogP contribution in [0, 0.1) is 0 Å². The molecular weight excluding hydrogens is 294 g/mol. The van der Waals surface area contributed by atoms with Gasteiger partial charge in [-0.15, -0.1) is 0 Å². The van der Waals surface area contributed by atoms with Gasteiger partial charge >= 0.3 is 5.97 Å². The van der Waals surface area contributed by atoms with Crippen LogP contribution in [-0.4, -0.2) is 26.5 Å². The first-order valence-corrected chi connectivity index (χ1v) is 7.75. The maximum atomic E-state index is 12.0. The second-order valence-electron chi connectivity index (χ2n) is 5.75. The molecule has 0 radical (unpaired) electrons. The predicted molar refractivity (Wildman–Crippen MR) is 84.1 cm³/mol. The molecule has 0 aliphatic carbocycles. The molecule has 2 N–H and O–H groups in total. The maximum Gasteiger partial charge on any atom is 0.335 e. The lowest BCUT2D eigenvalue weighted by molar-refractivity contribution is -0.120. The normalized spacial score (nSPS) is 13.4. The summed E-state index contributed by atoms with van der Waals surface area (Å²) in [6.07, 6.45) is 5.55. The average Bonchev–Trinajstić information content (AvgIpc) is 2.95. The summed E-state index contributed by atoms with van der Waals surface area (Å²) < 4.78 is 2.14. The highest BCUT2D eigenvalue weighted by Gasteiger charge is 2.14. The zero-order valence-corrected chi connectivity index (χ0v) is 12.8. The molecule has 1 aromatic carbocycles. The van der Waals surface area contributed by atoms with E-state index in [1.54, 1.807) is 12.1 Å². The molecule has 1 aliphatic rings. The molecular formula is C17H19N3O3. The fourth-order valence-electron chi connectivity index (χ4n) is 2.75. The number of nitrogens with zero attached hydrogens (tertiary/aromatic N) is 2. The summed E-state index contributed by atoms with van der Waals surface area (Å²) in [5, 5.41) is 11.7. The van der Waals surface area contributed by atoms with E-state index in [0.717, 1.165) is 36.5 Å². The molecule has 2 heterocycles. The minimum atomic E-state index is -0.954. The number of rotatable bonds is 5. The van der Waals surface area contributed by atoms with E-state index in [0.29, 0.717) is 6.54 Å². The van der Waals surface area contributed by atoms with Gasteiger partial charge in [0.15, 0.2) is 0 Å². The van der Waals surface area contributed by atoms with Gasteiger partial charge < -0.3 is 15.0 Å². The first kappa shape index (κ1) is 15.3. The van der Waals surface area contributed by atoms with Crippen molar-refractivity contribution in [3.8, 4) is 0 Å². The SMILES string of the molecule is O=C(Cc1cn2c(n1)CCCC2)NCc1ccc(C(=O)O)cc1. The second-order valence-corrected chi connectivity index (χ2v) is 5.75. The molecule has 23 heavy (non-hydrogen) atoms. The Hall–Kier alpha value is -2.63. The number of carboxylic acids is 1. The van der Waals surface area contributed by atoms with Gasteiger partial charge in [-0.1, -0.05) is 12.1 Å². The van der Waals surface area contributed by atoms with Gasteiger partial charge in [0.2, 0.25) is 5.91 Å². The Morgan fingerprint density at radius 2 is 2.00 bits per heavy atom. The van der Waals surface area contributed by atoms with Gasteiger partial charge in [0.1, 0.15) is 5.82 Å². The van der Waals surface area contributed by atoms with Crippen LogP contribution in [0.5, 0.6) is 0 Å². The molecule has 0 spiro atoms. The molecule has 0 bridgehead atoms. The van der Waals surface area contributed by atoms with E-state index < -0.39 is 5.97 Å². The molecule has 1 aromatic heterocycles. The van der Waals surface area contributed by atoms with Crippen LogP contribution < -0.4 is 5.32 Å². The van der Waals surface area contributed by atoms with Crippen molar-refractivity contribution in [2.75, 3.05) is 0 Å². The Morgan fingerprint density at radius 1 is 1.22 bits per heavy atom. The minimum Gasteiger partial charge on any atom is -0.478 e. The van der Waals surface area contributed by atoms with Gasteiger partial charge in [0, 0.05) is 25.7 Å². The quantitative estimate of drug-likeness (QED) is 0.881. The highest BCUT2D eigenvalue weighted by atomic mass is 16.4. The van der Waals surface area contributed by atoms with Crippen molar-refractivity contribution in [3.05, 3.63) is 53.1 Å². The summed E-state index contributed by atoms with van der Waals surface area (Å²) in [6.45, 7) is 1.37. The number of aromatic carboxylic acids is 1. The van der Waals surface area contributed by atoms with Crippen LogP contribution in [0.15, 0.2) is 30.5 Å². The summed E-state index contributed by atoms with van der Waals surface area (Å²) in [4.78, 5) is 27.3. The van der Waals surface area contributed by atoms with Crippen LogP contribution in [0.25, 0.3) is 0 Å². The van der Waals surface area contributed by atoms with Crippen molar-refractivity contribution in [1.29, 1.82) is 0 Å². The number of aromatic nitrogens is 2. The number of carbonyl (C=O) groups excluding carboxylic acids is 1. The number of hydrogen-bond acceptors (Lipinski definition) is 3. The lowest BCUT2D eigenvalue weighted by atomic mass is 10.1. The van der Waals surface area contributed by atoms with Gasteiger partial charge in [0.25, 0.3) is 0 Å². The fraction of sp³-hybridized carbons (Fsp3) is 0.353. The molecule has 0 saturated heterocycles. The number of carboxylic acid groups (broad SMARTS) is 1. The van der Waals surface area contributed by atoms with E-state index in [1.807, 2.05) is 6.20 Å². The van der Waals surface area contributed by atoms with Crippen LogP contribution in [0.2, 0.25) is 0 Å². The Kier molecular flexibility index (Phi) is 4.41.